The average Bonchev–Trinajstić information content (AvgIpc) is 2.80. The maximum absolute atomic E-state index is 6.27. The summed E-state index contributed by atoms with van der Waals surface area (Å²) in [6.07, 6.45) is 7.10. The maximum Gasteiger partial charge on any atom is 0.123 e. The SMILES string of the molecule is CCc1ccc(Cc2ccc(OCc3ccccc3)c(CCP(CC)CC)c2)cc1. The highest BCUT2D eigenvalue weighted by Gasteiger charge is 2.10. The minimum atomic E-state index is 0.136. The number of hydrogen-bond acceptors (Lipinski definition) is 1. The van der Waals surface area contributed by atoms with E-state index in [4.69, 9.17) is 4.74 Å². The van der Waals surface area contributed by atoms with E-state index in [-0.39, 0.29) is 7.92 Å². The third-order valence-corrected chi connectivity index (χ3v) is 8.44. The molecule has 0 unspecified atom stereocenters. The van der Waals surface area contributed by atoms with E-state index in [0.29, 0.717) is 6.61 Å². The summed E-state index contributed by atoms with van der Waals surface area (Å²) in [6.45, 7) is 7.50. The molecular weight excluding hydrogens is 383 g/mol. The van der Waals surface area contributed by atoms with Crippen LogP contribution >= 0.6 is 7.92 Å². The van der Waals surface area contributed by atoms with Gasteiger partial charge < -0.3 is 4.74 Å². The van der Waals surface area contributed by atoms with Crippen molar-refractivity contribution in [2.75, 3.05) is 18.5 Å². The zero-order valence-corrected chi connectivity index (χ0v) is 19.6. The predicted octanol–water partition coefficient (Wildman–Crippen LogP) is 7.48. The van der Waals surface area contributed by atoms with Crippen LogP contribution in [0.3, 0.4) is 0 Å². The molecule has 0 aliphatic rings. The third-order valence-electron chi connectivity index (χ3n) is 5.79. The van der Waals surface area contributed by atoms with Gasteiger partial charge in [-0.25, -0.2) is 0 Å². The molecule has 0 aliphatic carbocycles. The van der Waals surface area contributed by atoms with Crippen molar-refractivity contribution in [3.8, 4) is 5.75 Å². The summed E-state index contributed by atoms with van der Waals surface area (Å²) in [6, 6.07) is 26.3. The Morgan fingerprint density at radius 3 is 2.03 bits per heavy atom. The molecule has 0 spiro atoms. The molecular formula is C28H35OP. The van der Waals surface area contributed by atoms with Gasteiger partial charge in [0.25, 0.3) is 0 Å². The Bertz CT molecular complexity index is 882. The van der Waals surface area contributed by atoms with Crippen LogP contribution in [-0.4, -0.2) is 18.5 Å². The molecule has 0 atom stereocenters. The van der Waals surface area contributed by atoms with E-state index in [2.05, 4.69) is 93.6 Å². The van der Waals surface area contributed by atoms with Crippen LogP contribution in [-0.2, 0) is 25.9 Å². The molecule has 0 N–H and O–H groups in total. The van der Waals surface area contributed by atoms with Crippen LogP contribution in [0.25, 0.3) is 0 Å². The standard InChI is InChI=1S/C28H35OP/c1-4-23-12-14-24(15-13-23)20-26-16-17-28(29-22-25-10-8-7-9-11-25)27(21-26)18-19-30(5-2)6-3/h7-17,21H,4-6,18-20,22H2,1-3H3. The first-order valence-corrected chi connectivity index (χ1v) is 13.2. The number of ether oxygens (including phenoxy) is 1. The van der Waals surface area contributed by atoms with Crippen LogP contribution in [0.2, 0.25) is 0 Å². The highest BCUT2D eigenvalue weighted by molar-refractivity contribution is 7.57. The predicted molar refractivity (Wildman–Crippen MR) is 132 cm³/mol. The van der Waals surface area contributed by atoms with Crippen LogP contribution in [0, 0.1) is 0 Å². The van der Waals surface area contributed by atoms with Gasteiger partial charge in [0.05, 0.1) is 0 Å². The van der Waals surface area contributed by atoms with Gasteiger partial charge in [0.1, 0.15) is 12.4 Å². The number of benzene rings is 3. The lowest BCUT2D eigenvalue weighted by Gasteiger charge is -2.17. The molecule has 0 saturated heterocycles. The summed E-state index contributed by atoms with van der Waals surface area (Å²) in [7, 11) is 0.136. The Hall–Kier alpha value is -2.11. The normalized spacial score (nSPS) is 11.1. The minimum absolute atomic E-state index is 0.136. The van der Waals surface area contributed by atoms with Crippen LogP contribution in [0.5, 0.6) is 5.75 Å². The van der Waals surface area contributed by atoms with E-state index in [1.807, 2.05) is 0 Å². The van der Waals surface area contributed by atoms with Gasteiger partial charge in [0.15, 0.2) is 0 Å². The van der Waals surface area contributed by atoms with Crippen LogP contribution in [0.4, 0.5) is 0 Å². The van der Waals surface area contributed by atoms with Gasteiger partial charge >= 0.3 is 0 Å². The van der Waals surface area contributed by atoms with Gasteiger partial charge in [-0.05, 0) is 71.6 Å². The van der Waals surface area contributed by atoms with Gasteiger partial charge in [-0.15, -0.1) is 7.92 Å². The van der Waals surface area contributed by atoms with Gasteiger partial charge in [0, 0.05) is 0 Å². The fraction of sp³-hybridized carbons (Fsp3) is 0.357. The van der Waals surface area contributed by atoms with Crippen LogP contribution in [0.15, 0.2) is 72.8 Å². The lowest BCUT2D eigenvalue weighted by atomic mass is 10.00. The number of rotatable bonds is 11. The van der Waals surface area contributed by atoms with Crippen LogP contribution < -0.4 is 4.74 Å². The fourth-order valence-electron chi connectivity index (χ4n) is 3.76. The quantitative estimate of drug-likeness (QED) is 0.293. The summed E-state index contributed by atoms with van der Waals surface area (Å²) in [5.41, 5.74) is 6.73. The van der Waals surface area contributed by atoms with Crippen molar-refractivity contribution in [2.45, 2.75) is 46.6 Å². The molecule has 0 bridgehead atoms. The van der Waals surface area contributed by atoms with Gasteiger partial charge in [-0.3, -0.25) is 0 Å². The molecule has 30 heavy (non-hydrogen) atoms. The first-order chi connectivity index (χ1) is 14.7. The van der Waals surface area contributed by atoms with Gasteiger partial charge in [-0.2, -0.15) is 0 Å². The van der Waals surface area contributed by atoms with E-state index in [1.54, 1.807) is 0 Å². The fourth-order valence-corrected chi connectivity index (χ4v) is 5.40. The van der Waals surface area contributed by atoms with Crippen LogP contribution in [0.1, 0.15) is 48.6 Å². The van der Waals surface area contributed by atoms with Crippen molar-refractivity contribution >= 4 is 7.92 Å². The molecule has 3 aromatic carbocycles. The van der Waals surface area contributed by atoms with E-state index in [1.165, 1.54) is 46.3 Å². The monoisotopic (exact) mass is 418 g/mol. The van der Waals surface area contributed by atoms with Crippen molar-refractivity contribution in [1.82, 2.24) is 0 Å². The van der Waals surface area contributed by atoms with E-state index < -0.39 is 0 Å². The van der Waals surface area contributed by atoms with Crippen molar-refractivity contribution in [1.29, 1.82) is 0 Å². The van der Waals surface area contributed by atoms with E-state index >= 15 is 0 Å². The molecule has 158 valence electrons. The third kappa shape index (κ3) is 6.71. The molecule has 0 radical (unpaired) electrons. The zero-order valence-electron chi connectivity index (χ0n) is 18.7. The van der Waals surface area contributed by atoms with Gasteiger partial charge in [0.2, 0.25) is 0 Å². The Morgan fingerprint density at radius 1 is 0.700 bits per heavy atom. The summed E-state index contributed by atoms with van der Waals surface area (Å²) >= 11 is 0. The summed E-state index contributed by atoms with van der Waals surface area (Å²) in [5.74, 6) is 1.05. The Labute approximate surface area is 184 Å². The largest absolute Gasteiger partial charge is 0.489 e. The second-order valence-electron chi connectivity index (χ2n) is 7.84. The molecule has 3 rings (SSSR count). The first kappa shape index (κ1) is 22.6. The van der Waals surface area contributed by atoms with Crippen molar-refractivity contribution in [2.24, 2.45) is 0 Å². The molecule has 0 amide bonds. The molecule has 3 aromatic rings. The van der Waals surface area contributed by atoms with Crippen molar-refractivity contribution in [3.63, 3.8) is 0 Å². The van der Waals surface area contributed by atoms with E-state index in [9.17, 15) is 0 Å². The highest BCUT2D eigenvalue weighted by Crippen LogP contribution is 2.36. The molecule has 0 fully saturated rings. The Morgan fingerprint density at radius 2 is 1.37 bits per heavy atom. The topological polar surface area (TPSA) is 9.23 Å². The molecule has 0 aromatic heterocycles. The highest BCUT2D eigenvalue weighted by atomic mass is 31.1. The maximum atomic E-state index is 6.27. The van der Waals surface area contributed by atoms with Crippen molar-refractivity contribution in [3.05, 3.63) is 101 Å². The van der Waals surface area contributed by atoms with E-state index in [0.717, 1.165) is 25.0 Å². The summed E-state index contributed by atoms with van der Waals surface area (Å²) in [5, 5.41) is 0. The Kier molecular flexibility index (Phi) is 8.97. The molecule has 1 nitrogen and oxygen atoms in total. The average molecular weight is 419 g/mol. The minimum Gasteiger partial charge on any atom is -0.489 e. The Balaban J connectivity index is 1.76. The second-order valence-corrected chi connectivity index (χ2v) is 10.9. The molecule has 0 saturated carbocycles. The molecule has 0 aliphatic heterocycles. The van der Waals surface area contributed by atoms with Gasteiger partial charge in [-0.1, -0.05) is 87.5 Å². The lowest BCUT2D eigenvalue weighted by Crippen LogP contribution is -2.02. The first-order valence-electron chi connectivity index (χ1n) is 11.3. The lowest BCUT2D eigenvalue weighted by molar-refractivity contribution is 0.303. The van der Waals surface area contributed by atoms with Crippen molar-refractivity contribution < 1.29 is 4.74 Å². The smallest absolute Gasteiger partial charge is 0.123 e. The summed E-state index contributed by atoms with van der Waals surface area (Å²) in [4.78, 5) is 0. The number of hydrogen-bond donors (Lipinski definition) is 0. The summed E-state index contributed by atoms with van der Waals surface area (Å²) < 4.78 is 6.27. The molecule has 0 heterocycles. The zero-order chi connectivity index (χ0) is 21.2. The number of aryl methyl sites for hydroxylation is 2. The molecule has 2 heteroatoms. The second kappa shape index (κ2) is 11.9.